The van der Waals surface area contributed by atoms with Crippen LogP contribution in [0.4, 0.5) is 10.1 Å². The van der Waals surface area contributed by atoms with Crippen LogP contribution in [0.25, 0.3) is 0 Å². The number of hydrogen-bond acceptors (Lipinski definition) is 2. The average molecular weight is 373 g/mol. The van der Waals surface area contributed by atoms with Crippen LogP contribution in [0.3, 0.4) is 0 Å². The fourth-order valence-corrected chi connectivity index (χ4v) is 2.96. The fraction of sp³-hybridized carbons (Fsp3) is 0.150. The van der Waals surface area contributed by atoms with Crippen molar-refractivity contribution in [2.75, 3.05) is 12.4 Å². The van der Waals surface area contributed by atoms with Gasteiger partial charge in [0.05, 0.1) is 25.3 Å². The smallest absolute Gasteiger partial charge is 0.226 e. The lowest BCUT2D eigenvalue weighted by molar-refractivity contribution is -0.116. The summed E-state index contributed by atoms with van der Waals surface area (Å²) in [5, 5.41) is 3.34. The third kappa shape index (κ3) is 4.24. The number of nitrogens with one attached hydrogen (secondary N) is 1. The van der Waals surface area contributed by atoms with Crippen molar-refractivity contribution in [1.29, 1.82) is 0 Å². The molecule has 134 valence electrons. The van der Waals surface area contributed by atoms with Crippen LogP contribution in [0.15, 0.2) is 67.0 Å². The molecule has 0 aliphatic carbocycles. The summed E-state index contributed by atoms with van der Waals surface area (Å²) < 4.78 is 20.4. The molecule has 0 unspecified atom stereocenters. The molecule has 6 heteroatoms. The number of halogens is 2. The van der Waals surface area contributed by atoms with Crippen LogP contribution in [0.1, 0.15) is 18.0 Å². The Balaban J connectivity index is 1.82. The van der Waals surface area contributed by atoms with Crippen LogP contribution in [0.5, 0.6) is 5.75 Å². The number of rotatable bonds is 6. The molecule has 1 heterocycles. The largest absolute Gasteiger partial charge is 0.495 e. The summed E-state index contributed by atoms with van der Waals surface area (Å²) in [7, 11) is 1.53. The van der Waals surface area contributed by atoms with Crippen LogP contribution in [0, 0.1) is 5.82 Å². The molecule has 1 aromatic heterocycles. The molecular formula is C20H18ClFN2O2. The van der Waals surface area contributed by atoms with E-state index in [0.717, 1.165) is 5.56 Å². The number of methoxy groups -OCH3 is 1. The van der Waals surface area contributed by atoms with Crippen molar-refractivity contribution >= 4 is 23.2 Å². The maximum absolute atomic E-state index is 13.3. The molecule has 0 aliphatic heterocycles. The monoisotopic (exact) mass is 372 g/mol. The van der Waals surface area contributed by atoms with Crippen molar-refractivity contribution in [3.63, 3.8) is 0 Å². The molecule has 0 saturated heterocycles. The summed E-state index contributed by atoms with van der Waals surface area (Å²) in [5.41, 5.74) is 1.35. The number of amides is 1. The van der Waals surface area contributed by atoms with Gasteiger partial charge in [0.2, 0.25) is 5.91 Å². The van der Waals surface area contributed by atoms with Crippen LogP contribution < -0.4 is 10.1 Å². The molecular weight excluding hydrogens is 355 g/mol. The van der Waals surface area contributed by atoms with Crippen molar-refractivity contribution in [2.45, 2.75) is 12.5 Å². The lowest BCUT2D eigenvalue weighted by atomic mass is 10.0. The molecule has 1 atom stereocenters. The van der Waals surface area contributed by atoms with Gasteiger partial charge < -0.3 is 14.6 Å². The molecule has 0 spiro atoms. The van der Waals surface area contributed by atoms with Crippen molar-refractivity contribution < 1.29 is 13.9 Å². The zero-order valence-electron chi connectivity index (χ0n) is 14.2. The van der Waals surface area contributed by atoms with Gasteiger partial charge in [-0.15, -0.1) is 0 Å². The Bertz CT molecular complexity index is 879. The summed E-state index contributed by atoms with van der Waals surface area (Å²) in [5.74, 6) is 0.0174. The van der Waals surface area contributed by atoms with E-state index in [2.05, 4.69) is 5.32 Å². The molecule has 1 amide bonds. The summed E-state index contributed by atoms with van der Waals surface area (Å²) in [4.78, 5) is 12.6. The number of carbonyl (C=O) groups is 1. The molecule has 26 heavy (non-hydrogen) atoms. The minimum atomic E-state index is -0.312. The van der Waals surface area contributed by atoms with Crippen LogP contribution in [0.2, 0.25) is 5.02 Å². The maximum atomic E-state index is 13.3. The first-order valence-electron chi connectivity index (χ1n) is 8.08. The lowest BCUT2D eigenvalue weighted by Crippen LogP contribution is -2.20. The molecule has 3 rings (SSSR count). The Morgan fingerprint density at radius 1 is 1.19 bits per heavy atom. The van der Waals surface area contributed by atoms with Gasteiger partial charge in [0.25, 0.3) is 0 Å². The Morgan fingerprint density at radius 2 is 1.88 bits per heavy atom. The second-order valence-corrected chi connectivity index (χ2v) is 6.23. The number of carbonyl (C=O) groups excluding carboxylic acids is 1. The highest BCUT2D eigenvalue weighted by atomic mass is 35.5. The topological polar surface area (TPSA) is 43.3 Å². The quantitative estimate of drug-likeness (QED) is 0.668. The van der Waals surface area contributed by atoms with Gasteiger partial charge in [0, 0.05) is 17.4 Å². The van der Waals surface area contributed by atoms with Gasteiger partial charge in [-0.3, -0.25) is 4.79 Å². The summed E-state index contributed by atoms with van der Waals surface area (Å²) in [6.07, 6.45) is 3.93. The fourth-order valence-electron chi connectivity index (χ4n) is 2.79. The predicted octanol–water partition coefficient (Wildman–Crippen LogP) is 4.91. The van der Waals surface area contributed by atoms with E-state index in [0.29, 0.717) is 16.5 Å². The number of benzene rings is 2. The van der Waals surface area contributed by atoms with E-state index in [1.54, 1.807) is 30.3 Å². The molecule has 0 saturated carbocycles. The van der Waals surface area contributed by atoms with Gasteiger partial charge in [-0.05, 0) is 48.0 Å². The second-order valence-electron chi connectivity index (χ2n) is 5.79. The molecule has 0 bridgehead atoms. The number of hydrogen-bond donors (Lipinski definition) is 1. The normalized spacial score (nSPS) is 11.8. The summed E-state index contributed by atoms with van der Waals surface area (Å²) >= 11 is 6.01. The zero-order valence-corrected chi connectivity index (χ0v) is 14.9. The van der Waals surface area contributed by atoms with Gasteiger partial charge in [-0.25, -0.2) is 4.39 Å². The zero-order chi connectivity index (χ0) is 18.5. The standard InChI is InChI=1S/C20H18ClFN2O2/c1-26-19-9-6-15(21)12-17(19)23-20(25)13-18(24-10-2-3-11-24)14-4-7-16(22)8-5-14/h2-12,18H,13H2,1H3,(H,23,25)/t18-/m1/s1. The Hall–Kier alpha value is -2.79. The Kier molecular flexibility index (Phi) is 5.58. The minimum Gasteiger partial charge on any atom is -0.495 e. The lowest BCUT2D eigenvalue weighted by Gasteiger charge is -2.20. The molecule has 2 aromatic carbocycles. The van der Waals surface area contributed by atoms with E-state index >= 15 is 0 Å². The van der Waals surface area contributed by atoms with Crippen molar-refractivity contribution in [3.8, 4) is 5.75 Å². The van der Waals surface area contributed by atoms with Gasteiger partial charge in [0.15, 0.2) is 0 Å². The van der Waals surface area contributed by atoms with Gasteiger partial charge >= 0.3 is 0 Å². The molecule has 3 aromatic rings. The highest BCUT2D eigenvalue weighted by Gasteiger charge is 2.18. The number of aromatic nitrogens is 1. The third-order valence-corrected chi connectivity index (χ3v) is 4.29. The van der Waals surface area contributed by atoms with Crippen molar-refractivity contribution in [3.05, 3.63) is 83.4 Å². The molecule has 1 N–H and O–H groups in total. The van der Waals surface area contributed by atoms with E-state index in [1.165, 1.54) is 19.2 Å². The van der Waals surface area contributed by atoms with E-state index in [9.17, 15) is 9.18 Å². The predicted molar refractivity (Wildman–Crippen MR) is 100 cm³/mol. The average Bonchev–Trinajstić information content (AvgIpc) is 3.15. The summed E-state index contributed by atoms with van der Waals surface area (Å²) in [6, 6.07) is 14.7. The van der Waals surface area contributed by atoms with Crippen LogP contribution in [-0.4, -0.2) is 17.6 Å². The Morgan fingerprint density at radius 3 is 2.54 bits per heavy atom. The van der Waals surface area contributed by atoms with E-state index < -0.39 is 0 Å². The van der Waals surface area contributed by atoms with E-state index in [-0.39, 0.29) is 24.2 Å². The van der Waals surface area contributed by atoms with E-state index in [1.807, 2.05) is 29.1 Å². The van der Waals surface area contributed by atoms with Crippen LogP contribution in [-0.2, 0) is 4.79 Å². The highest BCUT2D eigenvalue weighted by Crippen LogP contribution is 2.29. The number of nitrogens with zero attached hydrogens (tertiary/aromatic N) is 1. The first-order chi connectivity index (χ1) is 12.6. The SMILES string of the molecule is COc1ccc(Cl)cc1NC(=O)C[C@H](c1ccc(F)cc1)n1cccc1. The van der Waals surface area contributed by atoms with Gasteiger partial charge in [0.1, 0.15) is 11.6 Å². The number of anilines is 1. The Labute approximate surface area is 156 Å². The molecule has 0 radical (unpaired) electrons. The van der Waals surface area contributed by atoms with Crippen molar-refractivity contribution in [2.24, 2.45) is 0 Å². The maximum Gasteiger partial charge on any atom is 0.226 e. The van der Waals surface area contributed by atoms with Crippen LogP contribution >= 0.6 is 11.6 Å². The second kappa shape index (κ2) is 8.06. The molecule has 4 nitrogen and oxygen atoms in total. The first-order valence-corrected chi connectivity index (χ1v) is 8.46. The summed E-state index contributed by atoms with van der Waals surface area (Å²) in [6.45, 7) is 0. The van der Waals surface area contributed by atoms with Crippen molar-refractivity contribution in [1.82, 2.24) is 4.57 Å². The highest BCUT2D eigenvalue weighted by molar-refractivity contribution is 6.31. The number of ether oxygens (including phenoxy) is 1. The van der Waals surface area contributed by atoms with E-state index in [4.69, 9.17) is 16.3 Å². The molecule has 0 aliphatic rings. The molecule has 0 fully saturated rings. The first kappa shape index (κ1) is 18.0. The minimum absolute atomic E-state index is 0.177. The van der Waals surface area contributed by atoms with Gasteiger partial charge in [-0.1, -0.05) is 23.7 Å². The third-order valence-electron chi connectivity index (χ3n) is 4.06. The van der Waals surface area contributed by atoms with Gasteiger partial charge in [-0.2, -0.15) is 0 Å².